The average molecular weight is 411 g/mol. The number of hydrogen-bond donors (Lipinski definition) is 1. The molecule has 0 bridgehead atoms. The molecule has 160 valence electrons. The van der Waals surface area contributed by atoms with Crippen LogP contribution in [0, 0.1) is 0 Å². The van der Waals surface area contributed by atoms with E-state index < -0.39 is 5.60 Å². The second kappa shape index (κ2) is 9.30. The van der Waals surface area contributed by atoms with Gasteiger partial charge in [-0.25, -0.2) is 15.0 Å². The first-order chi connectivity index (χ1) is 14.3. The van der Waals surface area contributed by atoms with Gasteiger partial charge in [0.15, 0.2) is 0 Å². The van der Waals surface area contributed by atoms with Gasteiger partial charge in [0, 0.05) is 6.54 Å². The molecule has 1 heterocycles. The van der Waals surface area contributed by atoms with Crippen LogP contribution < -0.4 is 10.4 Å². The number of esters is 2. The van der Waals surface area contributed by atoms with Crippen molar-refractivity contribution in [2.75, 3.05) is 11.6 Å². The highest BCUT2D eigenvalue weighted by atomic mass is 16.6. The summed E-state index contributed by atoms with van der Waals surface area (Å²) in [5, 5.41) is 1.92. The standard InChI is InChI=1S/C24H30N2O4/c1-5-29-23(28)21-15-14-18-8-6-7-9-20(18)26(21)25-16-17-10-12-19(13-11-17)22(27)30-24(2,3)4/h6-13,21,25H,5,14-16H2,1-4H3. The summed E-state index contributed by atoms with van der Waals surface area (Å²) in [6.45, 7) is 8.23. The Morgan fingerprint density at radius 2 is 1.80 bits per heavy atom. The predicted octanol–water partition coefficient (Wildman–Crippen LogP) is 4.03. The van der Waals surface area contributed by atoms with Crippen molar-refractivity contribution in [3.63, 3.8) is 0 Å². The number of rotatable bonds is 6. The number of hydrogen-bond acceptors (Lipinski definition) is 6. The van der Waals surface area contributed by atoms with Gasteiger partial charge in [0.1, 0.15) is 11.6 Å². The largest absolute Gasteiger partial charge is 0.464 e. The summed E-state index contributed by atoms with van der Waals surface area (Å²) in [4.78, 5) is 24.7. The normalized spacial score (nSPS) is 16.0. The Morgan fingerprint density at radius 3 is 2.47 bits per heavy atom. The van der Waals surface area contributed by atoms with Crippen LogP contribution in [0.5, 0.6) is 0 Å². The SMILES string of the molecule is CCOC(=O)C1CCc2ccccc2N1NCc1ccc(C(=O)OC(C)(C)C)cc1. The van der Waals surface area contributed by atoms with Crippen LogP contribution in [0.3, 0.4) is 0 Å². The maximum atomic E-state index is 12.5. The molecule has 3 rings (SSSR count). The van der Waals surface area contributed by atoms with E-state index in [1.54, 1.807) is 12.1 Å². The summed E-state index contributed by atoms with van der Waals surface area (Å²) >= 11 is 0. The number of para-hydroxylation sites is 1. The number of benzene rings is 2. The molecule has 1 unspecified atom stereocenters. The van der Waals surface area contributed by atoms with Crippen molar-refractivity contribution in [1.82, 2.24) is 5.43 Å². The Morgan fingerprint density at radius 1 is 1.10 bits per heavy atom. The van der Waals surface area contributed by atoms with Crippen LogP contribution in [-0.4, -0.2) is 30.2 Å². The Bertz CT molecular complexity index is 887. The number of hydrazine groups is 1. The van der Waals surface area contributed by atoms with Crippen molar-refractivity contribution in [3.8, 4) is 0 Å². The van der Waals surface area contributed by atoms with Crippen molar-refractivity contribution in [2.24, 2.45) is 0 Å². The molecule has 0 amide bonds. The average Bonchev–Trinajstić information content (AvgIpc) is 2.71. The van der Waals surface area contributed by atoms with Gasteiger partial charge in [0.25, 0.3) is 0 Å². The Labute approximate surface area is 178 Å². The van der Waals surface area contributed by atoms with E-state index in [0.29, 0.717) is 25.1 Å². The molecule has 1 N–H and O–H groups in total. The fraction of sp³-hybridized carbons (Fsp3) is 0.417. The quantitative estimate of drug-likeness (QED) is 0.725. The highest BCUT2D eigenvalue weighted by Gasteiger charge is 2.32. The van der Waals surface area contributed by atoms with Crippen molar-refractivity contribution in [1.29, 1.82) is 0 Å². The first-order valence-corrected chi connectivity index (χ1v) is 10.4. The minimum Gasteiger partial charge on any atom is -0.464 e. The highest BCUT2D eigenvalue weighted by Crippen LogP contribution is 2.30. The van der Waals surface area contributed by atoms with Gasteiger partial charge in [-0.2, -0.15) is 0 Å². The molecule has 1 atom stereocenters. The van der Waals surface area contributed by atoms with Gasteiger partial charge in [0.05, 0.1) is 17.9 Å². The molecule has 0 aromatic heterocycles. The summed E-state index contributed by atoms with van der Waals surface area (Å²) in [7, 11) is 0. The Balaban J connectivity index is 1.72. The predicted molar refractivity (Wildman–Crippen MR) is 116 cm³/mol. The van der Waals surface area contributed by atoms with E-state index in [1.165, 1.54) is 5.56 Å². The number of nitrogens with one attached hydrogen (secondary N) is 1. The summed E-state index contributed by atoms with van der Waals surface area (Å²) in [5.74, 6) is -0.561. The van der Waals surface area contributed by atoms with E-state index in [2.05, 4.69) is 11.5 Å². The minimum absolute atomic E-state index is 0.222. The van der Waals surface area contributed by atoms with Gasteiger partial charge >= 0.3 is 11.9 Å². The lowest BCUT2D eigenvalue weighted by Gasteiger charge is -2.37. The molecular formula is C24H30N2O4. The monoisotopic (exact) mass is 410 g/mol. The molecule has 0 fully saturated rings. The number of fused-ring (bicyclic) bond motifs is 1. The molecule has 0 saturated carbocycles. The number of carbonyl (C=O) groups excluding carboxylic acids is 2. The van der Waals surface area contributed by atoms with E-state index in [-0.39, 0.29) is 18.0 Å². The zero-order valence-electron chi connectivity index (χ0n) is 18.1. The number of nitrogens with zero attached hydrogens (tertiary/aromatic N) is 1. The van der Waals surface area contributed by atoms with Gasteiger partial charge in [-0.1, -0.05) is 30.3 Å². The molecule has 6 nitrogen and oxygen atoms in total. The van der Waals surface area contributed by atoms with E-state index in [9.17, 15) is 9.59 Å². The van der Waals surface area contributed by atoms with Gasteiger partial charge < -0.3 is 9.47 Å². The number of carbonyl (C=O) groups is 2. The molecule has 0 spiro atoms. The number of ether oxygens (including phenoxy) is 2. The molecule has 0 saturated heterocycles. The molecule has 6 heteroatoms. The maximum Gasteiger partial charge on any atom is 0.338 e. The Hall–Kier alpha value is -2.86. The Kier molecular flexibility index (Phi) is 6.77. The first-order valence-electron chi connectivity index (χ1n) is 10.4. The molecule has 2 aromatic carbocycles. The van der Waals surface area contributed by atoms with Gasteiger partial charge in [0.2, 0.25) is 0 Å². The zero-order chi connectivity index (χ0) is 21.7. The lowest BCUT2D eigenvalue weighted by atomic mass is 9.97. The molecule has 2 aromatic rings. The van der Waals surface area contributed by atoms with Crippen LogP contribution in [-0.2, 0) is 27.2 Å². The minimum atomic E-state index is -0.527. The second-order valence-electron chi connectivity index (χ2n) is 8.34. The molecule has 30 heavy (non-hydrogen) atoms. The van der Waals surface area contributed by atoms with Gasteiger partial charge in [-0.15, -0.1) is 0 Å². The van der Waals surface area contributed by atoms with E-state index in [0.717, 1.165) is 17.7 Å². The van der Waals surface area contributed by atoms with Crippen molar-refractivity contribution in [2.45, 2.75) is 58.7 Å². The van der Waals surface area contributed by atoms with Crippen LogP contribution in [0.25, 0.3) is 0 Å². The first kappa shape index (κ1) is 21.8. The molecule has 0 aliphatic carbocycles. The number of anilines is 1. The molecule has 0 radical (unpaired) electrons. The molecule has 1 aliphatic heterocycles. The van der Waals surface area contributed by atoms with Crippen LogP contribution >= 0.6 is 0 Å². The van der Waals surface area contributed by atoms with Crippen LogP contribution in [0.2, 0.25) is 0 Å². The fourth-order valence-electron chi connectivity index (χ4n) is 3.48. The second-order valence-corrected chi connectivity index (χ2v) is 8.34. The maximum absolute atomic E-state index is 12.5. The lowest BCUT2D eigenvalue weighted by Crippen LogP contribution is -2.52. The third kappa shape index (κ3) is 5.39. The van der Waals surface area contributed by atoms with E-state index in [1.807, 2.05) is 63.0 Å². The fourth-order valence-corrected chi connectivity index (χ4v) is 3.48. The van der Waals surface area contributed by atoms with Crippen LogP contribution in [0.1, 0.15) is 55.6 Å². The topological polar surface area (TPSA) is 67.9 Å². The molecule has 1 aliphatic rings. The third-order valence-corrected chi connectivity index (χ3v) is 4.85. The van der Waals surface area contributed by atoms with E-state index in [4.69, 9.17) is 9.47 Å². The highest BCUT2D eigenvalue weighted by molar-refractivity contribution is 5.89. The van der Waals surface area contributed by atoms with Gasteiger partial charge in [-0.3, -0.25) is 5.01 Å². The summed E-state index contributed by atoms with van der Waals surface area (Å²) in [6.07, 6.45) is 1.53. The third-order valence-electron chi connectivity index (χ3n) is 4.85. The molecular weight excluding hydrogens is 380 g/mol. The van der Waals surface area contributed by atoms with Crippen molar-refractivity contribution in [3.05, 3.63) is 65.2 Å². The van der Waals surface area contributed by atoms with Crippen molar-refractivity contribution < 1.29 is 19.1 Å². The smallest absolute Gasteiger partial charge is 0.338 e. The summed E-state index contributed by atoms with van der Waals surface area (Å²) in [6, 6.07) is 15.0. The zero-order valence-corrected chi connectivity index (χ0v) is 18.1. The number of aryl methyl sites for hydroxylation is 1. The summed E-state index contributed by atoms with van der Waals surface area (Å²) in [5.41, 5.74) is 6.56. The van der Waals surface area contributed by atoms with E-state index >= 15 is 0 Å². The summed E-state index contributed by atoms with van der Waals surface area (Å²) < 4.78 is 10.7. The van der Waals surface area contributed by atoms with Crippen molar-refractivity contribution >= 4 is 17.6 Å². The lowest BCUT2D eigenvalue weighted by molar-refractivity contribution is -0.145. The van der Waals surface area contributed by atoms with Crippen LogP contribution in [0.15, 0.2) is 48.5 Å². The van der Waals surface area contributed by atoms with Gasteiger partial charge in [-0.05, 0) is 69.9 Å². The van der Waals surface area contributed by atoms with Crippen LogP contribution in [0.4, 0.5) is 5.69 Å².